The third kappa shape index (κ3) is 4.64. The lowest BCUT2D eigenvalue weighted by atomic mass is 9.87. The third-order valence-corrected chi connectivity index (χ3v) is 9.54. The van der Waals surface area contributed by atoms with E-state index in [1.54, 1.807) is 0 Å². The first kappa shape index (κ1) is 29.1. The van der Waals surface area contributed by atoms with Crippen molar-refractivity contribution in [3.05, 3.63) is 119 Å². The van der Waals surface area contributed by atoms with E-state index in [4.69, 9.17) is 19.4 Å². The quantitative estimate of drug-likeness (QED) is 0.193. The van der Waals surface area contributed by atoms with Gasteiger partial charge in [-0.25, -0.2) is 9.97 Å². The zero-order chi connectivity index (χ0) is 32.6. The summed E-state index contributed by atoms with van der Waals surface area (Å²) in [5, 5.41) is 4.60. The predicted octanol–water partition coefficient (Wildman–Crippen LogP) is 11.4. The number of aryl methyl sites for hydroxylation is 3. The normalized spacial score (nSPS) is 12.1. The van der Waals surface area contributed by atoms with Crippen molar-refractivity contribution in [3.63, 3.8) is 0 Å². The van der Waals surface area contributed by atoms with E-state index in [9.17, 15) is 0 Å². The topological polar surface area (TPSA) is 56.7 Å². The van der Waals surface area contributed by atoms with Crippen molar-refractivity contribution >= 4 is 43.9 Å². The fourth-order valence-corrected chi connectivity index (χ4v) is 7.13. The van der Waals surface area contributed by atoms with Gasteiger partial charge in [-0.3, -0.25) is 9.55 Å². The lowest BCUT2D eigenvalue weighted by molar-refractivity contribution is 0.653. The second kappa shape index (κ2) is 10.9. The van der Waals surface area contributed by atoms with Crippen molar-refractivity contribution in [2.45, 2.75) is 60.3 Å². The van der Waals surface area contributed by atoms with Gasteiger partial charge in [0.25, 0.3) is 0 Å². The monoisotopic (exact) mass is 614 g/mol. The van der Waals surface area contributed by atoms with Crippen LogP contribution in [0, 0.1) is 20.8 Å². The number of rotatable bonds is 5. The Balaban J connectivity index is 1.47. The van der Waals surface area contributed by atoms with E-state index in [1.165, 1.54) is 38.7 Å². The maximum atomic E-state index is 6.60. The van der Waals surface area contributed by atoms with Crippen LogP contribution in [0.3, 0.4) is 0 Å². The maximum Gasteiger partial charge on any atom is 0.227 e. The molecule has 5 heteroatoms. The van der Waals surface area contributed by atoms with Gasteiger partial charge in [0, 0.05) is 22.7 Å². The Kier molecular flexibility index (Phi) is 6.76. The number of imidazole rings is 1. The van der Waals surface area contributed by atoms with Crippen molar-refractivity contribution in [1.82, 2.24) is 19.5 Å². The summed E-state index contributed by atoms with van der Waals surface area (Å²) < 4.78 is 8.97. The Labute approximate surface area is 274 Å². The van der Waals surface area contributed by atoms with Gasteiger partial charge in [0.1, 0.15) is 11.4 Å². The summed E-state index contributed by atoms with van der Waals surface area (Å²) in [6.45, 7) is 15.4. The number of hydrogen-bond donors (Lipinski definition) is 0. The van der Waals surface area contributed by atoms with Crippen LogP contribution in [-0.2, 0) is 0 Å². The average Bonchev–Trinajstić information content (AvgIpc) is 3.64. The molecular formula is C42H38N4O. The van der Waals surface area contributed by atoms with Gasteiger partial charge in [-0.1, -0.05) is 70.2 Å². The molecule has 0 aliphatic carbocycles. The summed E-state index contributed by atoms with van der Waals surface area (Å²) in [5.74, 6) is 1.35. The molecule has 0 N–H and O–H groups in total. The van der Waals surface area contributed by atoms with Crippen LogP contribution < -0.4 is 0 Å². The first-order valence-corrected chi connectivity index (χ1v) is 16.5. The number of pyridine rings is 2. The molecule has 4 heterocycles. The highest BCUT2D eigenvalue weighted by atomic mass is 16.3. The van der Waals surface area contributed by atoms with Gasteiger partial charge < -0.3 is 4.42 Å². The maximum absolute atomic E-state index is 6.60. The number of nitrogens with zero attached hydrogens (tertiary/aromatic N) is 4. The summed E-state index contributed by atoms with van der Waals surface area (Å²) in [6.07, 6.45) is 1.85. The van der Waals surface area contributed by atoms with Crippen molar-refractivity contribution in [2.75, 3.05) is 0 Å². The van der Waals surface area contributed by atoms with Gasteiger partial charge in [-0.15, -0.1) is 0 Å². The van der Waals surface area contributed by atoms with Gasteiger partial charge >= 0.3 is 0 Å². The Hall–Kier alpha value is -5.29. The summed E-state index contributed by atoms with van der Waals surface area (Å²) in [4.78, 5) is 14.9. The van der Waals surface area contributed by atoms with E-state index in [0.717, 1.165) is 55.7 Å². The molecule has 0 spiro atoms. The highest BCUT2D eigenvalue weighted by Crippen LogP contribution is 2.43. The average molecular weight is 615 g/mol. The van der Waals surface area contributed by atoms with Gasteiger partial charge in [0.15, 0.2) is 0 Å². The number of fused-ring (bicyclic) bond motifs is 5. The van der Waals surface area contributed by atoms with E-state index in [-0.39, 0.29) is 11.8 Å². The second-order valence-corrected chi connectivity index (χ2v) is 13.5. The van der Waals surface area contributed by atoms with Crippen molar-refractivity contribution < 1.29 is 4.42 Å². The minimum absolute atomic E-state index is 0.251. The van der Waals surface area contributed by atoms with Crippen molar-refractivity contribution in [1.29, 1.82) is 0 Å². The lowest BCUT2D eigenvalue weighted by Gasteiger charge is -2.24. The minimum atomic E-state index is 0.251. The summed E-state index contributed by atoms with van der Waals surface area (Å²) in [6, 6.07) is 30.6. The number of hydrogen-bond acceptors (Lipinski definition) is 4. The number of furan rings is 1. The standard InChI is InChI=1S/C42H38N4O/c1-23(2)34-21-31(30-15-14-28-10-8-9-11-29(28)20-30)22-35(24(3)4)39(34)46-38-27(7)43-19-18-36(38)45-41(46)33-16-12-25(5)37-32-17-13-26(6)44-42(32)47-40(33)37/h8-24H,1-7H3. The van der Waals surface area contributed by atoms with Crippen LogP contribution in [0.5, 0.6) is 0 Å². The molecule has 232 valence electrons. The molecule has 0 saturated carbocycles. The fourth-order valence-electron chi connectivity index (χ4n) is 7.13. The van der Waals surface area contributed by atoms with Gasteiger partial charge in [0.05, 0.1) is 28.0 Å². The molecule has 5 nitrogen and oxygen atoms in total. The van der Waals surface area contributed by atoms with Crippen LogP contribution in [0.15, 0.2) is 95.5 Å². The van der Waals surface area contributed by atoms with Crippen LogP contribution in [0.2, 0.25) is 0 Å². The van der Waals surface area contributed by atoms with Gasteiger partial charge in [-0.2, -0.15) is 0 Å². The Morgan fingerprint density at radius 1 is 0.702 bits per heavy atom. The Morgan fingerprint density at radius 2 is 1.45 bits per heavy atom. The molecule has 8 rings (SSSR count). The number of aromatic nitrogens is 4. The second-order valence-electron chi connectivity index (χ2n) is 13.5. The fraction of sp³-hybridized carbons (Fsp3) is 0.214. The largest absolute Gasteiger partial charge is 0.437 e. The first-order chi connectivity index (χ1) is 22.7. The van der Waals surface area contributed by atoms with Crippen molar-refractivity contribution in [2.24, 2.45) is 0 Å². The SMILES string of the molecule is Cc1ccc2c(n1)oc1c(-c3nc4ccnc(C)c4n3-c3c(C(C)C)cc(-c4ccc5ccccc5c4)cc3C(C)C)ccc(C)c12. The van der Waals surface area contributed by atoms with Gasteiger partial charge in [-0.05, 0) is 114 Å². The van der Waals surface area contributed by atoms with E-state index in [2.05, 4.69) is 125 Å². The highest BCUT2D eigenvalue weighted by Gasteiger charge is 2.27. The first-order valence-electron chi connectivity index (χ1n) is 16.5. The van der Waals surface area contributed by atoms with Crippen LogP contribution in [0.25, 0.3) is 72.1 Å². The molecule has 4 aromatic carbocycles. The minimum Gasteiger partial charge on any atom is -0.437 e. The van der Waals surface area contributed by atoms with Crippen LogP contribution in [-0.4, -0.2) is 19.5 Å². The lowest BCUT2D eigenvalue weighted by Crippen LogP contribution is -2.10. The summed E-state index contributed by atoms with van der Waals surface area (Å²) in [5.41, 5.74) is 13.5. The zero-order valence-electron chi connectivity index (χ0n) is 28.0. The summed E-state index contributed by atoms with van der Waals surface area (Å²) >= 11 is 0. The van der Waals surface area contributed by atoms with E-state index >= 15 is 0 Å². The molecular weight excluding hydrogens is 576 g/mol. The van der Waals surface area contributed by atoms with Crippen molar-refractivity contribution in [3.8, 4) is 28.2 Å². The molecule has 0 fully saturated rings. The predicted molar refractivity (Wildman–Crippen MR) is 195 cm³/mol. The molecule has 8 aromatic rings. The smallest absolute Gasteiger partial charge is 0.227 e. The summed E-state index contributed by atoms with van der Waals surface area (Å²) in [7, 11) is 0. The molecule has 0 atom stereocenters. The highest BCUT2D eigenvalue weighted by molar-refractivity contribution is 6.10. The van der Waals surface area contributed by atoms with Crippen LogP contribution in [0.4, 0.5) is 0 Å². The molecule has 0 unspecified atom stereocenters. The molecule has 47 heavy (non-hydrogen) atoms. The molecule has 0 bridgehead atoms. The van der Waals surface area contributed by atoms with Gasteiger partial charge in [0.2, 0.25) is 5.71 Å². The zero-order valence-corrected chi connectivity index (χ0v) is 28.0. The molecule has 4 aromatic heterocycles. The molecule has 0 aliphatic heterocycles. The Morgan fingerprint density at radius 3 is 2.19 bits per heavy atom. The third-order valence-electron chi connectivity index (χ3n) is 9.54. The van der Waals surface area contributed by atoms with Crippen LogP contribution >= 0.6 is 0 Å². The Bertz CT molecular complexity index is 2480. The molecule has 0 aliphatic rings. The number of benzene rings is 4. The van der Waals surface area contributed by atoms with E-state index in [1.807, 2.05) is 19.2 Å². The molecule has 0 radical (unpaired) electrons. The van der Waals surface area contributed by atoms with Crippen LogP contribution in [0.1, 0.15) is 67.6 Å². The molecule has 0 amide bonds. The van der Waals surface area contributed by atoms with E-state index in [0.29, 0.717) is 5.71 Å². The van der Waals surface area contributed by atoms with E-state index < -0.39 is 0 Å². The molecule has 0 saturated heterocycles.